The van der Waals surface area contributed by atoms with Crippen molar-refractivity contribution in [3.63, 3.8) is 0 Å². The summed E-state index contributed by atoms with van der Waals surface area (Å²) in [6, 6.07) is 2.68. The highest BCUT2D eigenvalue weighted by molar-refractivity contribution is 7.13. The summed E-state index contributed by atoms with van der Waals surface area (Å²) in [6.45, 7) is 3.39. The fourth-order valence-corrected chi connectivity index (χ4v) is 2.84. The number of urea groups is 1. The molecule has 0 saturated heterocycles. The zero-order valence-electron chi connectivity index (χ0n) is 13.8. The van der Waals surface area contributed by atoms with Crippen LogP contribution in [0.15, 0.2) is 29.9 Å². The minimum absolute atomic E-state index is 0.0795. The van der Waals surface area contributed by atoms with Crippen LogP contribution in [0.3, 0.4) is 0 Å². The molecule has 8 nitrogen and oxygen atoms in total. The summed E-state index contributed by atoms with van der Waals surface area (Å²) in [5, 5.41) is 4.41. The lowest BCUT2D eigenvalue weighted by Crippen LogP contribution is -2.45. The van der Waals surface area contributed by atoms with Crippen LogP contribution < -0.4 is 11.1 Å². The molecular weight excluding hydrogens is 344 g/mol. The molecule has 2 aromatic heterocycles. The molecule has 9 heteroatoms. The van der Waals surface area contributed by atoms with Gasteiger partial charge in [0.15, 0.2) is 6.10 Å². The molecule has 3 amide bonds. The molecule has 0 aromatic carbocycles. The Labute approximate surface area is 148 Å². The fourth-order valence-electron chi connectivity index (χ4n) is 2.03. The Morgan fingerprint density at radius 1 is 1.36 bits per heavy atom. The van der Waals surface area contributed by atoms with E-state index in [0.717, 1.165) is 10.6 Å². The average Bonchev–Trinajstić information content (AvgIpc) is 3.01. The maximum Gasteiger partial charge on any atom is 0.318 e. The van der Waals surface area contributed by atoms with E-state index in [9.17, 15) is 14.4 Å². The number of thiazole rings is 1. The van der Waals surface area contributed by atoms with Crippen molar-refractivity contribution in [1.29, 1.82) is 0 Å². The third kappa shape index (κ3) is 5.35. The van der Waals surface area contributed by atoms with Crippen LogP contribution in [0.4, 0.5) is 4.79 Å². The van der Waals surface area contributed by atoms with Crippen LogP contribution in [0.25, 0.3) is 10.6 Å². The molecule has 0 radical (unpaired) electrons. The number of ether oxygens (including phenoxy) is 1. The molecule has 2 aromatic rings. The largest absolute Gasteiger partial charge is 0.452 e. The highest BCUT2D eigenvalue weighted by Gasteiger charge is 2.27. The zero-order chi connectivity index (χ0) is 18.4. The standard InChI is InChI=1S/C16H18N4O4S/c1-9(2)13(14(22)20-16(17)23)24-12(21)6-11-8-25-15(19-11)10-4-3-5-18-7-10/h3-5,7-9,13H,6H2,1-2H3,(H3,17,20,22,23)/t13-/m1/s1. The molecule has 25 heavy (non-hydrogen) atoms. The van der Waals surface area contributed by atoms with E-state index in [4.69, 9.17) is 10.5 Å². The van der Waals surface area contributed by atoms with Crippen molar-refractivity contribution in [1.82, 2.24) is 15.3 Å². The molecule has 3 N–H and O–H groups in total. The number of rotatable bonds is 6. The first-order valence-electron chi connectivity index (χ1n) is 7.51. The van der Waals surface area contributed by atoms with E-state index in [1.54, 1.807) is 37.7 Å². The number of nitrogens with two attached hydrogens (primary N) is 1. The van der Waals surface area contributed by atoms with Gasteiger partial charge in [0, 0.05) is 23.3 Å². The fraction of sp³-hybridized carbons (Fsp3) is 0.312. The van der Waals surface area contributed by atoms with Crippen molar-refractivity contribution in [3.05, 3.63) is 35.6 Å². The van der Waals surface area contributed by atoms with Gasteiger partial charge in [-0.05, 0) is 18.1 Å². The van der Waals surface area contributed by atoms with Crippen molar-refractivity contribution < 1.29 is 19.1 Å². The lowest BCUT2D eigenvalue weighted by atomic mass is 10.1. The normalized spacial score (nSPS) is 11.8. The van der Waals surface area contributed by atoms with Crippen LogP contribution in [0.5, 0.6) is 0 Å². The van der Waals surface area contributed by atoms with Crippen LogP contribution in [0.1, 0.15) is 19.5 Å². The number of primary amides is 1. The number of hydrogen-bond acceptors (Lipinski definition) is 7. The van der Waals surface area contributed by atoms with Crippen molar-refractivity contribution >= 4 is 29.2 Å². The van der Waals surface area contributed by atoms with E-state index in [0.29, 0.717) is 5.69 Å². The van der Waals surface area contributed by atoms with E-state index in [1.807, 2.05) is 11.4 Å². The molecule has 0 bridgehead atoms. The average molecular weight is 362 g/mol. The van der Waals surface area contributed by atoms with Gasteiger partial charge in [-0.25, -0.2) is 9.78 Å². The Morgan fingerprint density at radius 2 is 2.12 bits per heavy atom. The molecule has 0 aliphatic heterocycles. The summed E-state index contributed by atoms with van der Waals surface area (Å²) in [5.41, 5.74) is 6.31. The van der Waals surface area contributed by atoms with Gasteiger partial charge in [0.25, 0.3) is 5.91 Å². The maximum absolute atomic E-state index is 12.1. The second-order valence-corrected chi connectivity index (χ2v) is 6.43. The van der Waals surface area contributed by atoms with Gasteiger partial charge in [-0.15, -0.1) is 11.3 Å². The Balaban J connectivity index is 2.00. The summed E-state index contributed by atoms with van der Waals surface area (Å²) < 4.78 is 5.19. The topological polar surface area (TPSA) is 124 Å². The minimum Gasteiger partial charge on any atom is -0.452 e. The molecule has 0 fully saturated rings. The first-order chi connectivity index (χ1) is 11.9. The number of imide groups is 1. The van der Waals surface area contributed by atoms with Crippen LogP contribution in [0, 0.1) is 5.92 Å². The number of nitrogens with zero attached hydrogens (tertiary/aromatic N) is 2. The Hall–Kier alpha value is -2.81. The van der Waals surface area contributed by atoms with Gasteiger partial charge in [-0.2, -0.15) is 0 Å². The van der Waals surface area contributed by atoms with Crippen molar-refractivity contribution in [3.8, 4) is 10.6 Å². The second kappa shape index (κ2) is 8.34. The maximum atomic E-state index is 12.1. The van der Waals surface area contributed by atoms with Crippen LogP contribution >= 0.6 is 11.3 Å². The summed E-state index contributed by atoms with van der Waals surface area (Å²) in [5.74, 6) is -1.67. The molecule has 2 heterocycles. The molecule has 0 aliphatic carbocycles. The molecule has 0 spiro atoms. The lowest BCUT2D eigenvalue weighted by molar-refractivity contribution is -0.157. The number of pyridine rings is 1. The number of aromatic nitrogens is 2. The van der Waals surface area contributed by atoms with Gasteiger partial charge in [0.2, 0.25) is 0 Å². The van der Waals surface area contributed by atoms with E-state index in [-0.39, 0.29) is 12.3 Å². The van der Waals surface area contributed by atoms with E-state index in [2.05, 4.69) is 9.97 Å². The molecule has 1 atom stereocenters. The Bertz CT molecular complexity index is 761. The highest BCUT2D eigenvalue weighted by atomic mass is 32.1. The van der Waals surface area contributed by atoms with E-state index in [1.165, 1.54) is 11.3 Å². The van der Waals surface area contributed by atoms with Crippen LogP contribution in [-0.4, -0.2) is 34.0 Å². The molecular formula is C16H18N4O4S. The number of esters is 1. The third-order valence-corrected chi connectivity index (χ3v) is 4.09. The zero-order valence-corrected chi connectivity index (χ0v) is 14.6. The van der Waals surface area contributed by atoms with Crippen LogP contribution in [-0.2, 0) is 20.7 Å². The number of hydrogen-bond donors (Lipinski definition) is 2. The quantitative estimate of drug-likeness (QED) is 0.751. The number of carbonyl (C=O) groups excluding carboxylic acids is 3. The number of amides is 3. The van der Waals surface area contributed by atoms with Gasteiger partial charge < -0.3 is 10.5 Å². The Kier molecular flexibility index (Phi) is 6.18. The lowest BCUT2D eigenvalue weighted by Gasteiger charge is -2.19. The Morgan fingerprint density at radius 3 is 2.72 bits per heavy atom. The van der Waals surface area contributed by atoms with Gasteiger partial charge in [-0.3, -0.25) is 19.9 Å². The monoisotopic (exact) mass is 362 g/mol. The summed E-state index contributed by atoms with van der Waals surface area (Å²) in [7, 11) is 0. The van der Waals surface area contributed by atoms with Gasteiger partial charge in [-0.1, -0.05) is 13.8 Å². The molecule has 0 saturated carbocycles. The predicted octanol–water partition coefficient (Wildman–Crippen LogP) is 1.51. The van der Waals surface area contributed by atoms with Gasteiger partial charge >= 0.3 is 12.0 Å². The second-order valence-electron chi connectivity index (χ2n) is 5.57. The van der Waals surface area contributed by atoms with Gasteiger partial charge in [0.1, 0.15) is 5.01 Å². The van der Waals surface area contributed by atoms with Crippen molar-refractivity contribution in [2.75, 3.05) is 0 Å². The SMILES string of the molecule is CC(C)[C@@H](OC(=O)Cc1csc(-c2cccnc2)n1)C(=O)NC(N)=O. The van der Waals surface area contributed by atoms with Crippen molar-refractivity contribution in [2.45, 2.75) is 26.4 Å². The summed E-state index contributed by atoms with van der Waals surface area (Å²) in [6.07, 6.45) is 2.17. The van der Waals surface area contributed by atoms with E-state index >= 15 is 0 Å². The number of nitrogens with one attached hydrogen (secondary N) is 1. The summed E-state index contributed by atoms with van der Waals surface area (Å²) in [4.78, 5) is 43.1. The van der Waals surface area contributed by atoms with Crippen molar-refractivity contribution in [2.24, 2.45) is 11.7 Å². The highest BCUT2D eigenvalue weighted by Crippen LogP contribution is 2.23. The minimum atomic E-state index is -1.10. The predicted molar refractivity (Wildman–Crippen MR) is 91.5 cm³/mol. The first kappa shape index (κ1) is 18.5. The van der Waals surface area contributed by atoms with Gasteiger partial charge in [0.05, 0.1) is 12.1 Å². The molecule has 2 rings (SSSR count). The molecule has 0 aliphatic rings. The summed E-state index contributed by atoms with van der Waals surface area (Å²) >= 11 is 1.39. The third-order valence-electron chi connectivity index (χ3n) is 3.15. The van der Waals surface area contributed by atoms with E-state index < -0.39 is 24.0 Å². The van der Waals surface area contributed by atoms with Crippen LogP contribution in [0.2, 0.25) is 0 Å². The first-order valence-corrected chi connectivity index (χ1v) is 8.39. The molecule has 132 valence electrons. The number of carbonyl (C=O) groups is 3. The smallest absolute Gasteiger partial charge is 0.318 e. The molecule has 0 unspecified atom stereocenters.